The Bertz CT molecular complexity index is 1480. The Labute approximate surface area is 280 Å². The first kappa shape index (κ1) is 35.2. The molecule has 2 unspecified atom stereocenters. The van der Waals surface area contributed by atoms with E-state index in [1.54, 1.807) is 0 Å². The first-order valence-electron chi connectivity index (χ1n) is 16.4. The smallest absolute Gasteiger partial charge is 0.220 e. The second-order valence-corrected chi connectivity index (χ2v) is 13.3. The van der Waals surface area contributed by atoms with Crippen molar-refractivity contribution in [3.8, 4) is 16.9 Å². The minimum absolute atomic E-state index is 0.0410. The number of aromatic nitrogens is 1. The third-order valence-electron chi connectivity index (χ3n) is 9.22. The van der Waals surface area contributed by atoms with E-state index in [1.807, 2.05) is 61.8 Å². The average Bonchev–Trinajstić information content (AvgIpc) is 4.05. The molecule has 7 N–H and O–H groups in total. The predicted octanol–water partition coefficient (Wildman–Crippen LogP) is 3.11. The van der Waals surface area contributed by atoms with Crippen LogP contribution in [-0.4, -0.2) is 85.5 Å². The molecule has 0 radical (unpaired) electrons. The number of halogens is 1. The van der Waals surface area contributed by atoms with Crippen molar-refractivity contribution in [3.63, 3.8) is 0 Å². The Kier molecular flexibility index (Phi) is 11.9. The molecule has 1 aromatic heterocycles. The van der Waals surface area contributed by atoms with Crippen LogP contribution in [0.2, 0.25) is 0 Å². The van der Waals surface area contributed by atoms with E-state index in [0.29, 0.717) is 13.0 Å². The van der Waals surface area contributed by atoms with Crippen molar-refractivity contribution in [3.05, 3.63) is 83.7 Å². The van der Waals surface area contributed by atoms with Gasteiger partial charge in [-0.3, -0.25) is 9.78 Å². The average molecular weight is 668 g/mol. The lowest BCUT2D eigenvalue weighted by atomic mass is 9.87. The monoisotopic (exact) mass is 667 g/mol. The van der Waals surface area contributed by atoms with Gasteiger partial charge in [-0.1, -0.05) is 49.4 Å². The van der Waals surface area contributed by atoms with E-state index in [-0.39, 0.29) is 41.8 Å². The van der Waals surface area contributed by atoms with Crippen LogP contribution in [0.1, 0.15) is 68.1 Å². The number of benzene rings is 2. The summed E-state index contributed by atoms with van der Waals surface area (Å²) in [5.74, 6) is 0.170. The van der Waals surface area contributed by atoms with Crippen LogP contribution in [0.15, 0.2) is 67.0 Å². The Hall–Kier alpha value is -3.09. The second-order valence-electron chi connectivity index (χ2n) is 12.7. The highest BCUT2D eigenvalue weighted by atomic mass is 35.5. The number of nitrogens with one attached hydrogen (secondary N) is 2. The van der Waals surface area contributed by atoms with Gasteiger partial charge in [0.2, 0.25) is 5.91 Å². The molecule has 2 saturated carbocycles. The standard InChI is InChI=1S/C36H46ClN3O7/c1-2-29(37)27(17-33(44)39-20-30(42)34(45)35(46)31(43)21-41)24-8-4-3-7-22(24)18-40-36(14-15-36)28-19-38-16-13-25(28)26-9-5-6-10-32(26)47-23-11-12-23/h3-10,13,16,19,23,27,29-31,34-35,40-43,45-46H,2,11-12,14-15,17-18,20-21H2,1H3,(H,39,44)/t27?,29?,30-,31+,34+,35+/m0/s1. The van der Waals surface area contributed by atoms with E-state index in [4.69, 9.17) is 21.4 Å². The van der Waals surface area contributed by atoms with Gasteiger partial charge >= 0.3 is 0 Å². The zero-order valence-electron chi connectivity index (χ0n) is 26.6. The van der Waals surface area contributed by atoms with Gasteiger partial charge in [-0.05, 0) is 66.5 Å². The summed E-state index contributed by atoms with van der Waals surface area (Å²) >= 11 is 6.84. The zero-order chi connectivity index (χ0) is 33.6. The lowest BCUT2D eigenvalue weighted by Gasteiger charge is -2.27. The van der Waals surface area contributed by atoms with E-state index in [9.17, 15) is 25.2 Å². The molecule has 2 aliphatic carbocycles. The van der Waals surface area contributed by atoms with Crippen molar-refractivity contribution in [1.82, 2.24) is 15.6 Å². The highest BCUT2D eigenvalue weighted by molar-refractivity contribution is 6.21. The van der Waals surface area contributed by atoms with E-state index >= 15 is 0 Å². The number of carbonyl (C=O) groups is 1. The summed E-state index contributed by atoms with van der Waals surface area (Å²) in [4.78, 5) is 17.6. The lowest BCUT2D eigenvalue weighted by molar-refractivity contribution is -0.126. The Morgan fingerprint density at radius 3 is 2.40 bits per heavy atom. The number of para-hydroxylation sites is 1. The van der Waals surface area contributed by atoms with Crippen LogP contribution in [0, 0.1) is 0 Å². The van der Waals surface area contributed by atoms with E-state index in [0.717, 1.165) is 59.3 Å². The molecule has 11 heteroatoms. The summed E-state index contributed by atoms with van der Waals surface area (Å²) in [5.41, 5.74) is 5.00. The number of rotatable bonds is 18. The van der Waals surface area contributed by atoms with Crippen LogP contribution in [0.4, 0.5) is 0 Å². The van der Waals surface area contributed by atoms with E-state index in [2.05, 4.69) is 27.8 Å². The first-order chi connectivity index (χ1) is 22.7. The SMILES string of the molecule is CCC(Cl)C(CC(=O)NC[C@H](O)[C@@H](O)[C@H](O)[C@H](O)CO)c1ccccc1CNC1(c2cnccc2-c2ccccc2OC2CC2)CC1. The van der Waals surface area contributed by atoms with Crippen molar-refractivity contribution in [2.24, 2.45) is 0 Å². The fourth-order valence-corrected chi connectivity index (χ4v) is 6.27. The number of amides is 1. The van der Waals surface area contributed by atoms with Gasteiger partial charge in [0.05, 0.1) is 18.8 Å². The first-order valence-corrected chi connectivity index (χ1v) is 16.9. The number of carbonyl (C=O) groups excluding carboxylic acids is 1. The number of hydrogen-bond donors (Lipinski definition) is 7. The number of ether oxygens (including phenoxy) is 1. The predicted molar refractivity (Wildman–Crippen MR) is 179 cm³/mol. The normalized spacial score (nSPS) is 19.2. The minimum atomic E-state index is -1.77. The van der Waals surface area contributed by atoms with Crippen LogP contribution in [0.5, 0.6) is 5.75 Å². The van der Waals surface area contributed by atoms with Gasteiger partial charge < -0.3 is 40.9 Å². The number of aliphatic hydroxyl groups excluding tert-OH is 5. The van der Waals surface area contributed by atoms with Gasteiger partial charge in [0.15, 0.2) is 0 Å². The molecular weight excluding hydrogens is 622 g/mol. The van der Waals surface area contributed by atoms with Gasteiger partial charge in [-0.15, -0.1) is 11.6 Å². The molecule has 2 aromatic carbocycles. The Morgan fingerprint density at radius 2 is 1.70 bits per heavy atom. The summed E-state index contributed by atoms with van der Waals surface area (Å²) in [7, 11) is 0. The maximum absolute atomic E-state index is 13.1. The van der Waals surface area contributed by atoms with Gasteiger partial charge in [-0.2, -0.15) is 0 Å². The van der Waals surface area contributed by atoms with Crippen molar-refractivity contribution in [1.29, 1.82) is 0 Å². The minimum Gasteiger partial charge on any atom is -0.490 e. The van der Waals surface area contributed by atoms with Crippen LogP contribution in [0.3, 0.4) is 0 Å². The van der Waals surface area contributed by atoms with Gasteiger partial charge in [0, 0.05) is 54.3 Å². The Morgan fingerprint density at radius 1 is 1.00 bits per heavy atom. The number of aliphatic hydroxyl groups is 5. The number of pyridine rings is 1. The highest BCUT2D eigenvalue weighted by Crippen LogP contribution is 2.50. The highest BCUT2D eigenvalue weighted by Gasteiger charge is 2.46. The van der Waals surface area contributed by atoms with Gasteiger partial charge in [0.1, 0.15) is 24.1 Å². The third-order valence-corrected chi connectivity index (χ3v) is 9.83. The molecule has 2 aliphatic rings. The fourth-order valence-electron chi connectivity index (χ4n) is 6.05. The van der Waals surface area contributed by atoms with Gasteiger partial charge in [-0.25, -0.2) is 0 Å². The third kappa shape index (κ3) is 8.69. The zero-order valence-corrected chi connectivity index (χ0v) is 27.4. The molecule has 10 nitrogen and oxygen atoms in total. The molecule has 0 bridgehead atoms. The molecule has 0 spiro atoms. The summed E-state index contributed by atoms with van der Waals surface area (Å²) in [5, 5.41) is 54.9. The van der Waals surface area contributed by atoms with E-state index < -0.39 is 31.0 Å². The topological polar surface area (TPSA) is 164 Å². The summed E-state index contributed by atoms with van der Waals surface area (Å²) in [6, 6.07) is 18.2. The maximum atomic E-state index is 13.1. The molecule has 47 heavy (non-hydrogen) atoms. The largest absolute Gasteiger partial charge is 0.490 e. The molecule has 1 heterocycles. The number of nitrogens with zero attached hydrogens (tertiary/aromatic N) is 1. The van der Waals surface area contributed by atoms with Crippen molar-refractivity contribution >= 4 is 17.5 Å². The second kappa shape index (κ2) is 15.9. The van der Waals surface area contributed by atoms with Crippen LogP contribution < -0.4 is 15.4 Å². The molecule has 254 valence electrons. The number of alkyl halides is 1. The van der Waals surface area contributed by atoms with Crippen molar-refractivity contribution in [2.75, 3.05) is 13.2 Å². The summed E-state index contributed by atoms with van der Waals surface area (Å²) in [6.45, 7) is 1.38. The molecule has 1 amide bonds. The summed E-state index contributed by atoms with van der Waals surface area (Å²) in [6.07, 6.45) is 2.08. The maximum Gasteiger partial charge on any atom is 0.220 e. The molecule has 5 rings (SSSR count). The summed E-state index contributed by atoms with van der Waals surface area (Å²) < 4.78 is 6.26. The van der Waals surface area contributed by atoms with Crippen LogP contribution in [0.25, 0.3) is 11.1 Å². The van der Waals surface area contributed by atoms with Crippen molar-refractivity contribution < 1.29 is 35.1 Å². The molecule has 0 saturated heterocycles. The van der Waals surface area contributed by atoms with Crippen LogP contribution in [-0.2, 0) is 16.9 Å². The van der Waals surface area contributed by atoms with Gasteiger partial charge in [0.25, 0.3) is 0 Å². The molecule has 3 aromatic rings. The lowest BCUT2D eigenvalue weighted by Crippen LogP contribution is -2.49. The van der Waals surface area contributed by atoms with Crippen molar-refractivity contribution in [2.45, 2.75) is 99.3 Å². The number of hydrogen-bond acceptors (Lipinski definition) is 9. The fraction of sp³-hybridized carbons (Fsp3) is 0.500. The Balaban J connectivity index is 1.29. The molecular formula is C36H46ClN3O7. The quantitative estimate of drug-likeness (QED) is 0.101. The van der Waals surface area contributed by atoms with E-state index in [1.165, 1.54) is 0 Å². The molecule has 2 fully saturated rings. The molecule has 6 atom stereocenters. The molecule has 0 aliphatic heterocycles. The van der Waals surface area contributed by atoms with Crippen LogP contribution >= 0.6 is 11.6 Å².